The van der Waals surface area contributed by atoms with Crippen LogP contribution in [0.4, 0.5) is 0 Å². The standard InChI is InChI=1S/C26H45NO/c1-4-5-6-7-8-9-10-11-12-13-14-15-16-17-18-19-20-21-22-23-26(28)27-24-25(2)3/h16-23,25H,4-15,24H2,1-3H3,(H,27,28)/b17-16+,19-18+,21-20+,23-22+. The zero-order chi connectivity index (χ0) is 20.7. The fourth-order valence-electron chi connectivity index (χ4n) is 2.86. The molecular weight excluding hydrogens is 342 g/mol. The Hall–Kier alpha value is -1.57. The maximum absolute atomic E-state index is 11.5. The Balaban J connectivity index is 3.46. The van der Waals surface area contributed by atoms with Gasteiger partial charge in [0.25, 0.3) is 0 Å². The van der Waals surface area contributed by atoms with E-state index in [1.807, 2.05) is 24.3 Å². The van der Waals surface area contributed by atoms with Crippen LogP contribution in [-0.2, 0) is 4.79 Å². The highest BCUT2D eigenvalue weighted by Gasteiger charge is 1.95. The lowest BCUT2D eigenvalue weighted by Gasteiger charge is -2.03. The van der Waals surface area contributed by atoms with Gasteiger partial charge in [-0.05, 0) is 18.8 Å². The summed E-state index contributed by atoms with van der Waals surface area (Å²) in [6, 6.07) is 0. The minimum absolute atomic E-state index is 0.0331. The van der Waals surface area contributed by atoms with Crippen molar-refractivity contribution >= 4 is 5.91 Å². The molecule has 0 bridgehead atoms. The lowest BCUT2D eigenvalue weighted by Crippen LogP contribution is -2.25. The smallest absolute Gasteiger partial charge is 0.243 e. The number of rotatable bonds is 18. The topological polar surface area (TPSA) is 29.1 Å². The van der Waals surface area contributed by atoms with Crippen LogP contribution in [0.25, 0.3) is 0 Å². The Morgan fingerprint density at radius 2 is 1.21 bits per heavy atom. The van der Waals surface area contributed by atoms with Crippen LogP contribution in [0.3, 0.4) is 0 Å². The third-order valence-electron chi connectivity index (χ3n) is 4.60. The highest BCUT2D eigenvalue weighted by Crippen LogP contribution is 2.11. The van der Waals surface area contributed by atoms with Crippen molar-refractivity contribution in [2.45, 2.75) is 97.8 Å². The maximum Gasteiger partial charge on any atom is 0.243 e. The van der Waals surface area contributed by atoms with E-state index in [2.05, 4.69) is 38.2 Å². The lowest BCUT2D eigenvalue weighted by atomic mass is 10.1. The number of carbonyl (C=O) groups excluding carboxylic acids is 1. The van der Waals surface area contributed by atoms with E-state index >= 15 is 0 Å². The van der Waals surface area contributed by atoms with Crippen LogP contribution in [0, 0.1) is 5.92 Å². The van der Waals surface area contributed by atoms with Crippen molar-refractivity contribution in [3.8, 4) is 0 Å². The summed E-state index contributed by atoms with van der Waals surface area (Å²) in [5.74, 6) is 0.446. The number of unbranched alkanes of at least 4 members (excludes halogenated alkanes) is 11. The number of nitrogens with one attached hydrogen (secondary N) is 1. The van der Waals surface area contributed by atoms with E-state index in [1.165, 1.54) is 77.0 Å². The van der Waals surface area contributed by atoms with Gasteiger partial charge in [0.2, 0.25) is 5.91 Å². The first-order valence-electron chi connectivity index (χ1n) is 11.6. The molecule has 0 atom stereocenters. The maximum atomic E-state index is 11.5. The van der Waals surface area contributed by atoms with Gasteiger partial charge in [-0.15, -0.1) is 0 Å². The molecule has 0 aliphatic carbocycles. The van der Waals surface area contributed by atoms with Gasteiger partial charge in [0.1, 0.15) is 0 Å². The molecular formula is C26H45NO. The normalized spacial score (nSPS) is 12.4. The third kappa shape index (κ3) is 22.5. The molecule has 0 saturated heterocycles. The number of hydrogen-bond donors (Lipinski definition) is 1. The van der Waals surface area contributed by atoms with Gasteiger partial charge in [-0.25, -0.2) is 0 Å². The molecule has 0 spiro atoms. The van der Waals surface area contributed by atoms with Crippen molar-refractivity contribution in [2.24, 2.45) is 5.92 Å². The Morgan fingerprint density at radius 1 is 0.714 bits per heavy atom. The van der Waals surface area contributed by atoms with E-state index in [0.29, 0.717) is 5.92 Å². The molecule has 0 rings (SSSR count). The van der Waals surface area contributed by atoms with Crippen molar-refractivity contribution in [3.63, 3.8) is 0 Å². The molecule has 0 aromatic carbocycles. The minimum Gasteiger partial charge on any atom is -0.352 e. The summed E-state index contributed by atoms with van der Waals surface area (Å²) >= 11 is 0. The average molecular weight is 388 g/mol. The molecule has 160 valence electrons. The first-order valence-corrected chi connectivity index (χ1v) is 11.6. The SMILES string of the molecule is CCCCCCCCCCCCC/C=C/C=C/C=C/C=C/C(=O)NCC(C)C. The fraction of sp³-hybridized carbons (Fsp3) is 0.654. The minimum atomic E-state index is -0.0331. The zero-order valence-corrected chi connectivity index (χ0v) is 18.8. The van der Waals surface area contributed by atoms with Gasteiger partial charge in [0.15, 0.2) is 0 Å². The van der Waals surface area contributed by atoms with Gasteiger partial charge in [-0.1, -0.05) is 128 Å². The number of hydrogen-bond acceptors (Lipinski definition) is 1. The molecule has 1 amide bonds. The Bertz CT molecular complexity index is 457. The first-order chi connectivity index (χ1) is 13.7. The summed E-state index contributed by atoms with van der Waals surface area (Å²) in [5, 5.41) is 2.85. The Morgan fingerprint density at radius 3 is 1.79 bits per heavy atom. The lowest BCUT2D eigenvalue weighted by molar-refractivity contribution is -0.116. The predicted molar refractivity (Wildman–Crippen MR) is 125 cm³/mol. The fourth-order valence-corrected chi connectivity index (χ4v) is 2.86. The predicted octanol–water partition coefficient (Wildman–Crippen LogP) is 7.68. The summed E-state index contributed by atoms with van der Waals surface area (Å²) in [4.78, 5) is 11.5. The van der Waals surface area contributed by atoms with E-state index in [-0.39, 0.29) is 5.91 Å². The quantitative estimate of drug-likeness (QED) is 0.146. The summed E-state index contributed by atoms with van der Waals surface area (Å²) < 4.78 is 0. The van der Waals surface area contributed by atoms with Gasteiger partial charge >= 0.3 is 0 Å². The highest BCUT2D eigenvalue weighted by atomic mass is 16.1. The van der Waals surface area contributed by atoms with Crippen LogP contribution < -0.4 is 5.32 Å². The molecule has 0 aliphatic heterocycles. The van der Waals surface area contributed by atoms with Crippen LogP contribution in [-0.4, -0.2) is 12.5 Å². The number of amides is 1. The third-order valence-corrected chi connectivity index (χ3v) is 4.60. The molecule has 2 heteroatoms. The summed E-state index contributed by atoms with van der Waals surface area (Å²) in [7, 11) is 0. The molecule has 1 N–H and O–H groups in total. The van der Waals surface area contributed by atoms with Gasteiger partial charge in [0, 0.05) is 12.6 Å². The van der Waals surface area contributed by atoms with E-state index in [0.717, 1.165) is 6.54 Å². The van der Waals surface area contributed by atoms with Crippen molar-refractivity contribution in [1.82, 2.24) is 5.32 Å². The Kier molecular flexibility index (Phi) is 20.5. The average Bonchev–Trinajstić information content (AvgIpc) is 2.68. The molecule has 0 fully saturated rings. The Labute approximate surface area is 175 Å². The monoisotopic (exact) mass is 387 g/mol. The van der Waals surface area contributed by atoms with Gasteiger partial charge < -0.3 is 5.32 Å². The first kappa shape index (κ1) is 26.4. The molecule has 0 aromatic rings. The number of allylic oxidation sites excluding steroid dienone is 7. The second kappa shape index (κ2) is 21.7. The van der Waals surface area contributed by atoms with Crippen LogP contribution >= 0.6 is 0 Å². The van der Waals surface area contributed by atoms with Gasteiger partial charge in [-0.3, -0.25) is 4.79 Å². The van der Waals surface area contributed by atoms with E-state index in [4.69, 9.17) is 0 Å². The van der Waals surface area contributed by atoms with Crippen LogP contribution in [0.1, 0.15) is 97.8 Å². The van der Waals surface area contributed by atoms with Crippen molar-refractivity contribution in [3.05, 3.63) is 48.6 Å². The van der Waals surface area contributed by atoms with Crippen LogP contribution in [0.15, 0.2) is 48.6 Å². The van der Waals surface area contributed by atoms with Crippen molar-refractivity contribution in [2.75, 3.05) is 6.54 Å². The van der Waals surface area contributed by atoms with Gasteiger partial charge in [-0.2, -0.15) is 0 Å². The number of carbonyl (C=O) groups is 1. The zero-order valence-electron chi connectivity index (χ0n) is 18.8. The van der Waals surface area contributed by atoms with Crippen LogP contribution in [0.2, 0.25) is 0 Å². The van der Waals surface area contributed by atoms with Gasteiger partial charge in [0.05, 0.1) is 0 Å². The molecule has 0 radical (unpaired) electrons. The van der Waals surface area contributed by atoms with E-state index in [1.54, 1.807) is 12.2 Å². The molecule has 0 aromatic heterocycles. The molecule has 0 saturated carbocycles. The molecule has 28 heavy (non-hydrogen) atoms. The van der Waals surface area contributed by atoms with E-state index in [9.17, 15) is 4.79 Å². The summed E-state index contributed by atoms with van der Waals surface area (Å²) in [5.41, 5.74) is 0. The van der Waals surface area contributed by atoms with Crippen molar-refractivity contribution in [1.29, 1.82) is 0 Å². The van der Waals surface area contributed by atoms with Crippen molar-refractivity contribution < 1.29 is 4.79 Å². The molecule has 0 unspecified atom stereocenters. The second-order valence-electron chi connectivity index (χ2n) is 8.02. The highest BCUT2D eigenvalue weighted by molar-refractivity contribution is 5.87. The largest absolute Gasteiger partial charge is 0.352 e. The molecule has 0 heterocycles. The van der Waals surface area contributed by atoms with Crippen LogP contribution in [0.5, 0.6) is 0 Å². The molecule has 2 nitrogen and oxygen atoms in total. The second-order valence-corrected chi connectivity index (χ2v) is 8.02. The molecule has 0 aliphatic rings. The van der Waals surface area contributed by atoms with E-state index < -0.39 is 0 Å². The summed E-state index contributed by atoms with van der Waals surface area (Å²) in [6.45, 7) is 7.16. The summed E-state index contributed by atoms with van der Waals surface area (Å²) in [6.07, 6.45) is 32.1.